The number of nitrogens with one attached hydrogen (secondary N) is 1. The van der Waals surface area contributed by atoms with Crippen LogP contribution in [0, 0.1) is 11.3 Å². The molecule has 1 aliphatic carbocycles. The Bertz CT molecular complexity index is 314. The molecule has 2 aliphatic rings. The zero-order valence-corrected chi connectivity index (χ0v) is 13.6. The fraction of sp³-hybridized carbons (Fsp3) is 1.00. The predicted molar refractivity (Wildman–Crippen MR) is 80.4 cm³/mol. The van der Waals surface area contributed by atoms with Gasteiger partial charge in [0.05, 0.1) is 11.7 Å². The molecule has 0 bridgehead atoms. The van der Waals surface area contributed by atoms with Crippen LogP contribution in [0.5, 0.6) is 0 Å². The maximum Gasteiger partial charge on any atom is 0.0757 e. The van der Waals surface area contributed by atoms with Gasteiger partial charge in [-0.2, -0.15) is 0 Å². The molecule has 0 aromatic carbocycles. The SMILES string of the molecule is CNC1C(CN2CC(C)OC(C)(C)C2)CCC1(C)C. The van der Waals surface area contributed by atoms with Crippen LogP contribution in [0.1, 0.15) is 47.5 Å². The van der Waals surface area contributed by atoms with Gasteiger partial charge in [0, 0.05) is 25.7 Å². The van der Waals surface area contributed by atoms with Gasteiger partial charge in [-0.25, -0.2) is 0 Å². The van der Waals surface area contributed by atoms with Crippen molar-refractivity contribution in [2.75, 3.05) is 26.7 Å². The van der Waals surface area contributed by atoms with E-state index in [4.69, 9.17) is 4.74 Å². The van der Waals surface area contributed by atoms with E-state index in [1.165, 1.54) is 19.4 Å². The molecule has 0 aromatic rings. The first-order valence-electron chi connectivity index (χ1n) is 7.81. The lowest BCUT2D eigenvalue weighted by Crippen LogP contribution is -2.54. The number of rotatable bonds is 3. The molecule has 1 saturated carbocycles. The van der Waals surface area contributed by atoms with Crippen molar-refractivity contribution in [3.8, 4) is 0 Å². The Labute approximate surface area is 119 Å². The fourth-order valence-electron chi connectivity index (χ4n) is 4.40. The first-order valence-corrected chi connectivity index (χ1v) is 7.81. The Balaban J connectivity index is 1.97. The summed E-state index contributed by atoms with van der Waals surface area (Å²) in [4.78, 5) is 2.62. The molecule has 0 spiro atoms. The lowest BCUT2D eigenvalue weighted by molar-refractivity contribution is -0.131. The van der Waals surface area contributed by atoms with E-state index in [0.717, 1.165) is 19.0 Å². The monoisotopic (exact) mass is 268 g/mol. The number of morpholine rings is 1. The van der Waals surface area contributed by atoms with Crippen LogP contribution in [-0.4, -0.2) is 49.3 Å². The van der Waals surface area contributed by atoms with E-state index >= 15 is 0 Å². The molecule has 1 saturated heterocycles. The average Bonchev–Trinajstić information content (AvgIpc) is 2.50. The minimum atomic E-state index is 0.000921. The van der Waals surface area contributed by atoms with Gasteiger partial charge in [-0.1, -0.05) is 13.8 Å². The molecule has 0 amide bonds. The predicted octanol–water partition coefficient (Wildman–Crippen LogP) is 2.51. The molecular formula is C16H32N2O. The van der Waals surface area contributed by atoms with E-state index in [1.54, 1.807) is 0 Å². The summed E-state index contributed by atoms with van der Waals surface area (Å²) in [6, 6.07) is 0.647. The van der Waals surface area contributed by atoms with E-state index < -0.39 is 0 Å². The third-order valence-electron chi connectivity index (χ3n) is 4.92. The van der Waals surface area contributed by atoms with Crippen LogP contribution in [0.25, 0.3) is 0 Å². The van der Waals surface area contributed by atoms with Gasteiger partial charge in [-0.3, -0.25) is 4.90 Å². The van der Waals surface area contributed by atoms with Crippen molar-refractivity contribution in [3.05, 3.63) is 0 Å². The van der Waals surface area contributed by atoms with Crippen molar-refractivity contribution in [2.45, 2.75) is 65.2 Å². The van der Waals surface area contributed by atoms with Crippen LogP contribution in [0.3, 0.4) is 0 Å². The summed E-state index contributed by atoms with van der Waals surface area (Å²) in [5.74, 6) is 0.779. The standard InChI is InChI=1S/C16H32N2O/c1-12-9-18(11-16(4,5)19-12)10-13-7-8-15(2,3)14(13)17-6/h12-14,17H,7-11H2,1-6H3. The molecule has 112 valence electrons. The molecule has 3 heteroatoms. The summed E-state index contributed by atoms with van der Waals surface area (Å²) in [6.45, 7) is 14.8. The molecule has 3 atom stereocenters. The quantitative estimate of drug-likeness (QED) is 0.851. The minimum Gasteiger partial charge on any atom is -0.370 e. The van der Waals surface area contributed by atoms with Crippen LogP contribution in [0.4, 0.5) is 0 Å². The average molecular weight is 268 g/mol. The number of ether oxygens (including phenoxy) is 1. The highest BCUT2D eigenvalue weighted by atomic mass is 16.5. The van der Waals surface area contributed by atoms with Gasteiger partial charge in [0.2, 0.25) is 0 Å². The Morgan fingerprint density at radius 3 is 2.53 bits per heavy atom. The number of nitrogens with zero attached hydrogens (tertiary/aromatic N) is 1. The third-order valence-corrected chi connectivity index (χ3v) is 4.92. The second-order valence-corrected chi connectivity index (χ2v) is 7.94. The lowest BCUT2D eigenvalue weighted by Gasteiger charge is -2.43. The zero-order chi connectivity index (χ0) is 14.3. The van der Waals surface area contributed by atoms with Crippen molar-refractivity contribution in [2.24, 2.45) is 11.3 Å². The smallest absolute Gasteiger partial charge is 0.0757 e. The van der Waals surface area contributed by atoms with Crippen LogP contribution in [-0.2, 0) is 4.74 Å². The molecular weight excluding hydrogens is 236 g/mol. The molecule has 1 N–H and O–H groups in total. The highest BCUT2D eigenvalue weighted by molar-refractivity contribution is 4.97. The van der Waals surface area contributed by atoms with Crippen LogP contribution < -0.4 is 5.32 Å². The highest BCUT2D eigenvalue weighted by Gasteiger charge is 2.42. The maximum atomic E-state index is 6.01. The summed E-state index contributed by atoms with van der Waals surface area (Å²) in [6.07, 6.45) is 3.04. The Hall–Kier alpha value is -0.120. The maximum absolute atomic E-state index is 6.01. The Kier molecular flexibility index (Phi) is 4.29. The minimum absolute atomic E-state index is 0.000921. The topological polar surface area (TPSA) is 24.5 Å². The first kappa shape index (κ1) is 15.3. The summed E-state index contributed by atoms with van der Waals surface area (Å²) in [7, 11) is 2.12. The molecule has 0 radical (unpaired) electrons. The molecule has 19 heavy (non-hydrogen) atoms. The molecule has 2 fully saturated rings. The molecule has 3 unspecified atom stereocenters. The second-order valence-electron chi connectivity index (χ2n) is 7.94. The summed E-state index contributed by atoms with van der Waals surface area (Å²) < 4.78 is 6.01. The van der Waals surface area contributed by atoms with Gasteiger partial charge in [-0.15, -0.1) is 0 Å². The molecule has 1 aliphatic heterocycles. The van der Waals surface area contributed by atoms with Gasteiger partial charge in [-0.05, 0) is 52.0 Å². The second kappa shape index (κ2) is 5.34. The fourth-order valence-corrected chi connectivity index (χ4v) is 4.40. The summed E-state index contributed by atoms with van der Waals surface area (Å²) in [5, 5.41) is 3.57. The summed E-state index contributed by atoms with van der Waals surface area (Å²) >= 11 is 0. The van der Waals surface area contributed by atoms with Crippen molar-refractivity contribution in [1.29, 1.82) is 0 Å². The molecule has 2 rings (SSSR count). The van der Waals surface area contributed by atoms with Gasteiger partial charge >= 0.3 is 0 Å². The van der Waals surface area contributed by atoms with E-state index in [-0.39, 0.29) is 5.60 Å². The number of hydrogen-bond donors (Lipinski definition) is 1. The third kappa shape index (κ3) is 3.50. The van der Waals surface area contributed by atoms with Crippen molar-refractivity contribution in [1.82, 2.24) is 10.2 Å². The Morgan fingerprint density at radius 1 is 1.26 bits per heavy atom. The van der Waals surface area contributed by atoms with Gasteiger partial charge in [0.15, 0.2) is 0 Å². The normalized spacial score (nSPS) is 38.5. The van der Waals surface area contributed by atoms with Crippen molar-refractivity contribution < 1.29 is 4.74 Å². The molecule has 1 heterocycles. The Morgan fingerprint density at radius 2 is 1.95 bits per heavy atom. The summed E-state index contributed by atoms with van der Waals surface area (Å²) in [5.41, 5.74) is 0.438. The molecule has 3 nitrogen and oxygen atoms in total. The first-order chi connectivity index (χ1) is 8.73. The highest BCUT2D eigenvalue weighted by Crippen LogP contribution is 2.41. The van der Waals surface area contributed by atoms with E-state index in [9.17, 15) is 0 Å². The number of hydrogen-bond acceptors (Lipinski definition) is 3. The largest absolute Gasteiger partial charge is 0.370 e. The van der Waals surface area contributed by atoms with Gasteiger partial charge in [0.1, 0.15) is 0 Å². The van der Waals surface area contributed by atoms with Crippen LogP contribution in [0.15, 0.2) is 0 Å². The van der Waals surface area contributed by atoms with Crippen molar-refractivity contribution >= 4 is 0 Å². The van der Waals surface area contributed by atoms with Crippen LogP contribution in [0.2, 0.25) is 0 Å². The zero-order valence-electron chi connectivity index (χ0n) is 13.6. The van der Waals surface area contributed by atoms with E-state index in [0.29, 0.717) is 17.6 Å². The lowest BCUT2D eigenvalue weighted by atomic mass is 9.84. The molecule has 0 aromatic heterocycles. The van der Waals surface area contributed by atoms with Gasteiger partial charge in [0.25, 0.3) is 0 Å². The van der Waals surface area contributed by atoms with E-state index in [2.05, 4.69) is 51.9 Å². The van der Waals surface area contributed by atoms with E-state index in [1.807, 2.05) is 0 Å². The van der Waals surface area contributed by atoms with Gasteiger partial charge < -0.3 is 10.1 Å². The van der Waals surface area contributed by atoms with Crippen molar-refractivity contribution in [3.63, 3.8) is 0 Å². The van der Waals surface area contributed by atoms with Crippen LogP contribution >= 0.6 is 0 Å².